The van der Waals surface area contributed by atoms with Crippen LogP contribution >= 0.6 is 8.25 Å². The van der Waals surface area contributed by atoms with Gasteiger partial charge in [-0.1, -0.05) is 64.1 Å². The van der Waals surface area contributed by atoms with Crippen LogP contribution in [0.3, 0.4) is 0 Å². The van der Waals surface area contributed by atoms with Gasteiger partial charge >= 0.3 is 8.25 Å². The maximum atomic E-state index is 12.2. The molecule has 0 amide bonds. The minimum atomic E-state index is -2.14. The molecule has 2 aromatic carbocycles. The summed E-state index contributed by atoms with van der Waals surface area (Å²) in [4.78, 5) is 0. The van der Waals surface area contributed by atoms with Crippen molar-refractivity contribution < 1.29 is 13.6 Å². The van der Waals surface area contributed by atoms with Gasteiger partial charge in [0.15, 0.2) is 0 Å². The molecule has 0 aromatic heterocycles. The van der Waals surface area contributed by atoms with E-state index in [1.165, 1.54) is 22.3 Å². The predicted octanol–water partition coefficient (Wildman–Crippen LogP) is 6.33. The van der Waals surface area contributed by atoms with Crippen LogP contribution < -0.4 is 0 Å². The molecule has 26 heavy (non-hydrogen) atoms. The van der Waals surface area contributed by atoms with Gasteiger partial charge in [-0.05, 0) is 59.1 Å². The summed E-state index contributed by atoms with van der Waals surface area (Å²) in [5.74, 6) is 0. The summed E-state index contributed by atoms with van der Waals surface area (Å²) in [6, 6.07) is 12.4. The second-order valence-corrected chi connectivity index (χ2v) is 7.26. The smallest absolute Gasteiger partial charge is 0.114 e. The highest BCUT2D eigenvalue weighted by Gasteiger charge is 2.22. The normalized spacial score (nSPS) is 10.9. The molecule has 140 valence electrons. The van der Waals surface area contributed by atoms with E-state index in [2.05, 4.69) is 39.8 Å². The van der Waals surface area contributed by atoms with E-state index < -0.39 is 8.25 Å². The SMILES string of the molecule is CCc1cccc(CO[P+](=O)OCc2cccc(CC)c2CC)c1CC. The molecular weight excluding hydrogens is 343 g/mol. The fourth-order valence-electron chi connectivity index (χ4n) is 3.50. The number of aryl methyl sites for hydroxylation is 2. The number of benzene rings is 2. The topological polar surface area (TPSA) is 35.5 Å². The van der Waals surface area contributed by atoms with Gasteiger partial charge in [0.05, 0.1) is 0 Å². The van der Waals surface area contributed by atoms with Crippen molar-refractivity contribution in [2.75, 3.05) is 0 Å². The average Bonchev–Trinajstić information content (AvgIpc) is 2.69. The predicted molar refractivity (Wildman–Crippen MR) is 108 cm³/mol. The summed E-state index contributed by atoms with van der Waals surface area (Å²) < 4.78 is 23.2. The van der Waals surface area contributed by atoms with Crippen LogP contribution in [0.25, 0.3) is 0 Å². The van der Waals surface area contributed by atoms with Crippen molar-refractivity contribution in [1.29, 1.82) is 0 Å². The van der Waals surface area contributed by atoms with Crippen LogP contribution in [0.2, 0.25) is 0 Å². The van der Waals surface area contributed by atoms with Crippen LogP contribution in [0.4, 0.5) is 0 Å². The van der Waals surface area contributed by atoms with E-state index in [9.17, 15) is 4.57 Å². The van der Waals surface area contributed by atoms with E-state index in [-0.39, 0.29) is 0 Å². The number of rotatable bonds is 10. The zero-order valence-electron chi connectivity index (χ0n) is 16.4. The third kappa shape index (κ3) is 5.23. The second-order valence-electron chi connectivity index (χ2n) is 6.29. The first-order valence-electron chi connectivity index (χ1n) is 9.56. The summed E-state index contributed by atoms with van der Waals surface area (Å²) in [6.45, 7) is 9.23. The van der Waals surface area contributed by atoms with Gasteiger partial charge in [0, 0.05) is 4.57 Å². The Morgan fingerprint density at radius 3 is 1.38 bits per heavy atom. The highest BCUT2D eigenvalue weighted by Crippen LogP contribution is 2.30. The molecular formula is C22H30O3P+. The second kappa shape index (κ2) is 10.6. The first-order valence-corrected chi connectivity index (χ1v) is 10.7. The highest BCUT2D eigenvalue weighted by molar-refractivity contribution is 7.33. The minimum Gasteiger partial charge on any atom is -0.114 e. The molecule has 0 radical (unpaired) electrons. The van der Waals surface area contributed by atoms with Gasteiger partial charge in [0.2, 0.25) is 0 Å². The average molecular weight is 373 g/mol. The Hall–Kier alpha value is -1.54. The maximum absolute atomic E-state index is 12.2. The molecule has 0 heterocycles. The number of hydrogen-bond acceptors (Lipinski definition) is 3. The minimum absolute atomic E-state index is 0.321. The largest absolute Gasteiger partial charge is 0.698 e. The molecule has 0 atom stereocenters. The van der Waals surface area contributed by atoms with Gasteiger partial charge in [0.25, 0.3) is 0 Å². The Balaban J connectivity index is 1.97. The quantitative estimate of drug-likeness (QED) is 0.457. The highest BCUT2D eigenvalue weighted by atomic mass is 31.1. The van der Waals surface area contributed by atoms with Crippen LogP contribution in [-0.2, 0) is 52.5 Å². The molecule has 2 rings (SSSR count). The van der Waals surface area contributed by atoms with Crippen molar-refractivity contribution in [1.82, 2.24) is 0 Å². The monoisotopic (exact) mass is 373 g/mol. The van der Waals surface area contributed by atoms with Crippen molar-refractivity contribution >= 4 is 8.25 Å². The van der Waals surface area contributed by atoms with Gasteiger partial charge in [-0.2, -0.15) is 0 Å². The van der Waals surface area contributed by atoms with Crippen LogP contribution in [0.15, 0.2) is 36.4 Å². The van der Waals surface area contributed by atoms with Crippen molar-refractivity contribution in [2.24, 2.45) is 0 Å². The molecule has 0 aliphatic carbocycles. The van der Waals surface area contributed by atoms with Gasteiger partial charge in [-0.15, -0.1) is 9.05 Å². The molecule has 2 aromatic rings. The van der Waals surface area contributed by atoms with E-state index >= 15 is 0 Å². The summed E-state index contributed by atoms with van der Waals surface area (Å²) in [7, 11) is -2.14. The summed E-state index contributed by atoms with van der Waals surface area (Å²) in [5, 5.41) is 0. The van der Waals surface area contributed by atoms with Crippen molar-refractivity contribution in [3.63, 3.8) is 0 Å². The lowest BCUT2D eigenvalue weighted by molar-refractivity contribution is 0.212. The summed E-state index contributed by atoms with van der Waals surface area (Å²) in [5.41, 5.74) is 7.44. The van der Waals surface area contributed by atoms with E-state index in [4.69, 9.17) is 9.05 Å². The molecule has 0 saturated heterocycles. The zero-order chi connectivity index (χ0) is 18.9. The first-order chi connectivity index (χ1) is 12.6. The third-order valence-corrected chi connectivity index (χ3v) is 5.54. The molecule has 0 saturated carbocycles. The van der Waals surface area contributed by atoms with Crippen LogP contribution in [0.5, 0.6) is 0 Å². The Morgan fingerprint density at radius 1 is 0.654 bits per heavy atom. The van der Waals surface area contributed by atoms with Crippen molar-refractivity contribution in [3.05, 3.63) is 69.8 Å². The van der Waals surface area contributed by atoms with E-state index in [1.54, 1.807) is 0 Å². The molecule has 3 nitrogen and oxygen atoms in total. The maximum Gasteiger partial charge on any atom is 0.698 e. The zero-order valence-corrected chi connectivity index (χ0v) is 17.3. The lowest BCUT2D eigenvalue weighted by Crippen LogP contribution is -2.00. The molecule has 0 aliphatic rings. The van der Waals surface area contributed by atoms with Gasteiger partial charge in [-0.3, -0.25) is 0 Å². The lowest BCUT2D eigenvalue weighted by atomic mass is 9.98. The van der Waals surface area contributed by atoms with Gasteiger partial charge in [0.1, 0.15) is 13.2 Å². The fourth-order valence-corrected chi connectivity index (χ4v) is 4.06. The summed E-state index contributed by atoms with van der Waals surface area (Å²) in [6.07, 6.45) is 3.88. The standard InChI is InChI=1S/C22H30O3P/c1-5-17-11-9-13-19(21(17)7-3)15-24-26(23)25-16-20-14-10-12-18(6-2)22(20)8-4/h9-14H,5-8,15-16H2,1-4H3/q+1. The van der Waals surface area contributed by atoms with E-state index in [0.29, 0.717) is 13.2 Å². The van der Waals surface area contributed by atoms with Gasteiger partial charge < -0.3 is 0 Å². The van der Waals surface area contributed by atoms with Gasteiger partial charge in [-0.25, -0.2) is 0 Å². The Labute approximate surface area is 158 Å². The summed E-state index contributed by atoms with van der Waals surface area (Å²) >= 11 is 0. The lowest BCUT2D eigenvalue weighted by Gasteiger charge is -2.10. The molecule has 0 bridgehead atoms. The van der Waals surface area contributed by atoms with Crippen molar-refractivity contribution in [2.45, 2.75) is 66.6 Å². The van der Waals surface area contributed by atoms with E-state index in [1.807, 2.05) is 24.3 Å². The van der Waals surface area contributed by atoms with Crippen molar-refractivity contribution in [3.8, 4) is 0 Å². The van der Waals surface area contributed by atoms with E-state index in [0.717, 1.165) is 36.8 Å². The third-order valence-electron chi connectivity index (χ3n) is 4.86. The van der Waals surface area contributed by atoms with Crippen LogP contribution in [-0.4, -0.2) is 0 Å². The number of hydrogen-bond donors (Lipinski definition) is 0. The van der Waals surface area contributed by atoms with Crippen LogP contribution in [0, 0.1) is 0 Å². The Morgan fingerprint density at radius 2 is 1.04 bits per heavy atom. The Bertz CT molecular complexity index is 679. The molecule has 0 spiro atoms. The molecule has 0 fully saturated rings. The molecule has 0 N–H and O–H groups in total. The first kappa shape index (κ1) is 20.8. The molecule has 0 aliphatic heterocycles. The molecule has 4 heteroatoms. The Kier molecular flexibility index (Phi) is 8.44. The van der Waals surface area contributed by atoms with Crippen LogP contribution in [0.1, 0.15) is 61.1 Å². The molecule has 0 unspecified atom stereocenters. The fraction of sp³-hybridized carbons (Fsp3) is 0.455.